The second kappa shape index (κ2) is 11.1. The van der Waals surface area contributed by atoms with Crippen LogP contribution in [0.25, 0.3) is 0 Å². The van der Waals surface area contributed by atoms with Crippen LogP contribution < -0.4 is 10.1 Å². The lowest BCUT2D eigenvalue weighted by molar-refractivity contribution is -0.147. The fourth-order valence-corrected chi connectivity index (χ4v) is 4.42. The van der Waals surface area contributed by atoms with Crippen LogP contribution in [0.5, 0.6) is 5.75 Å². The number of nitrogens with one attached hydrogen (secondary N) is 1. The van der Waals surface area contributed by atoms with Crippen molar-refractivity contribution >= 4 is 11.6 Å². The molecule has 0 atom stereocenters. The maximum atomic E-state index is 13.1. The number of hydrogen-bond acceptors (Lipinski definition) is 4. The monoisotopic (exact) mass is 416 g/mol. The molecule has 0 aromatic heterocycles. The molecule has 1 heterocycles. The lowest BCUT2D eigenvalue weighted by Crippen LogP contribution is -2.48. The average molecular weight is 417 g/mol. The van der Waals surface area contributed by atoms with E-state index in [0.29, 0.717) is 19.1 Å². The van der Waals surface area contributed by atoms with Gasteiger partial charge >= 0.3 is 0 Å². The molecule has 1 N–H and O–H groups in total. The number of piperidine rings is 1. The quantitative estimate of drug-likeness (QED) is 0.608. The number of hydrogen-bond donors (Lipinski definition) is 1. The second-order valence-corrected chi connectivity index (χ2v) is 9.38. The van der Waals surface area contributed by atoms with E-state index in [1.165, 1.54) is 25.9 Å². The summed E-state index contributed by atoms with van der Waals surface area (Å²) in [5.41, 5.74) is 0.124. The van der Waals surface area contributed by atoms with Crippen molar-refractivity contribution in [2.45, 2.75) is 71.3 Å². The molecular formula is C25H40N2O3. The van der Waals surface area contributed by atoms with Crippen LogP contribution in [0.15, 0.2) is 24.3 Å². The molecule has 0 bridgehead atoms. The summed E-state index contributed by atoms with van der Waals surface area (Å²) in [4.78, 5) is 15.6. The number of anilines is 1. The number of nitrogens with zero attached hydrogens (tertiary/aromatic N) is 1. The number of carbonyl (C=O) groups is 1. The van der Waals surface area contributed by atoms with Crippen LogP contribution in [0.2, 0.25) is 0 Å². The van der Waals surface area contributed by atoms with E-state index in [0.717, 1.165) is 56.0 Å². The van der Waals surface area contributed by atoms with E-state index in [1.54, 1.807) is 0 Å². The largest absolute Gasteiger partial charge is 0.492 e. The fraction of sp³-hybridized carbons (Fsp3) is 0.720. The van der Waals surface area contributed by atoms with E-state index in [9.17, 15) is 4.79 Å². The van der Waals surface area contributed by atoms with Crippen molar-refractivity contribution in [1.29, 1.82) is 0 Å². The summed E-state index contributed by atoms with van der Waals surface area (Å²) in [6, 6.07) is 7.73. The van der Waals surface area contributed by atoms with E-state index in [-0.39, 0.29) is 5.91 Å². The molecule has 3 rings (SSSR count). The van der Waals surface area contributed by atoms with Crippen molar-refractivity contribution in [2.24, 2.45) is 11.8 Å². The molecule has 1 saturated carbocycles. The van der Waals surface area contributed by atoms with Gasteiger partial charge in [0.2, 0.25) is 0 Å². The number of likely N-dealkylation sites (tertiary alicyclic amines) is 1. The first-order chi connectivity index (χ1) is 14.5. The van der Waals surface area contributed by atoms with Crippen LogP contribution in [0, 0.1) is 11.8 Å². The Morgan fingerprint density at radius 3 is 2.30 bits per heavy atom. The van der Waals surface area contributed by atoms with Crippen LogP contribution >= 0.6 is 0 Å². The van der Waals surface area contributed by atoms with Gasteiger partial charge in [-0.05, 0) is 94.1 Å². The molecule has 1 aliphatic heterocycles. The lowest BCUT2D eigenvalue weighted by Gasteiger charge is -2.38. The molecule has 0 radical (unpaired) electrons. The van der Waals surface area contributed by atoms with Crippen LogP contribution in [-0.2, 0) is 9.53 Å². The Balaban J connectivity index is 1.48. The van der Waals surface area contributed by atoms with Gasteiger partial charge in [-0.1, -0.05) is 20.8 Å². The Kier molecular flexibility index (Phi) is 8.58. The third-order valence-electron chi connectivity index (χ3n) is 6.74. The molecule has 1 aromatic rings. The maximum absolute atomic E-state index is 13.1. The molecule has 1 aromatic carbocycles. The molecule has 2 fully saturated rings. The molecule has 0 spiro atoms. The van der Waals surface area contributed by atoms with Gasteiger partial charge in [0, 0.05) is 18.8 Å². The van der Waals surface area contributed by atoms with Gasteiger partial charge in [-0.3, -0.25) is 9.69 Å². The molecular weight excluding hydrogens is 376 g/mol. The number of amides is 1. The van der Waals surface area contributed by atoms with Gasteiger partial charge in [-0.15, -0.1) is 0 Å². The maximum Gasteiger partial charge on any atom is 0.256 e. The first kappa shape index (κ1) is 23.1. The molecule has 1 saturated heterocycles. The molecule has 168 valence electrons. The second-order valence-electron chi connectivity index (χ2n) is 9.38. The summed E-state index contributed by atoms with van der Waals surface area (Å²) in [5.74, 6) is 2.37. The molecule has 5 nitrogen and oxygen atoms in total. The van der Waals surface area contributed by atoms with Crippen LogP contribution in [0.3, 0.4) is 0 Å². The van der Waals surface area contributed by atoms with Crippen molar-refractivity contribution in [1.82, 2.24) is 4.90 Å². The van der Waals surface area contributed by atoms with Gasteiger partial charge in [0.15, 0.2) is 0 Å². The van der Waals surface area contributed by atoms with Crippen molar-refractivity contribution < 1.29 is 14.3 Å². The highest BCUT2D eigenvalue weighted by molar-refractivity contribution is 5.97. The zero-order valence-corrected chi connectivity index (χ0v) is 19.1. The third kappa shape index (κ3) is 6.45. The third-order valence-corrected chi connectivity index (χ3v) is 6.74. The predicted molar refractivity (Wildman–Crippen MR) is 122 cm³/mol. The summed E-state index contributed by atoms with van der Waals surface area (Å²) < 4.78 is 12.0. The highest BCUT2D eigenvalue weighted by Crippen LogP contribution is 2.36. The van der Waals surface area contributed by atoms with Gasteiger partial charge < -0.3 is 14.8 Å². The van der Waals surface area contributed by atoms with E-state index < -0.39 is 5.60 Å². The van der Waals surface area contributed by atoms with Gasteiger partial charge in [0.1, 0.15) is 18.0 Å². The summed E-state index contributed by atoms with van der Waals surface area (Å²) in [7, 11) is 0. The molecule has 1 amide bonds. The van der Waals surface area contributed by atoms with Crippen LogP contribution in [-0.4, -0.2) is 49.3 Å². The summed E-state index contributed by atoms with van der Waals surface area (Å²) in [5, 5.41) is 3.09. The molecule has 30 heavy (non-hydrogen) atoms. The first-order valence-corrected chi connectivity index (χ1v) is 11.9. The number of rotatable bonds is 9. The van der Waals surface area contributed by atoms with Crippen molar-refractivity contribution in [3.05, 3.63) is 24.3 Å². The molecule has 2 aliphatic rings. The summed E-state index contributed by atoms with van der Waals surface area (Å²) in [6.07, 6.45) is 7.19. The van der Waals surface area contributed by atoms with E-state index in [1.807, 2.05) is 24.3 Å². The normalized spacial score (nSPS) is 25.8. The summed E-state index contributed by atoms with van der Waals surface area (Å²) in [6.45, 7) is 11.3. The average Bonchev–Trinajstić information content (AvgIpc) is 2.76. The zero-order valence-electron chi connectivity index (χ0n) is 19.1. The van der Waals surface area contributed by atoms with Gasteiger partial charge in [0.25, 0.3) is 5.91 Å². The standard InChI is InChI=1S/C25H40N2O3/c1-4-18-30-25(13-9-20(2)10-14-25)24(28)26-22-5-7-23(8-6-22)29-19-17-27-15-11-21(3)12-16-27/h5-8,20-21H,4,9-19H2,1-3H3,(H,26,28). The number of carbonyl (C=O) groups excluding carboxylic acids is 1. The minimum Gasteiger partial charge on any atom is -0.492 e. The van der Waals surface area contributed by atoms with E-state index >= 15 is 0 Å². The Bertz CT molecular complexity index is 639. The minimum absolute atomic E-state index is 0.00385. The predicted octanol–water partition coefficient (Wildman–Crippen LogP) is 5.11. The van der Waals surface area contributed by atoms with Gasteiger partial charge in [-0.2, -0.15) is 0 Å². The SMILES string of the molecule is CCCOC1(C(=O)Nc2ccc(OCCN3CCC(C)CC3)cc2)CCC(C)CC1. The Morgan fingerprint density at radius 1 is 1.03 bits per heavy atom. The highest BCUT2D eigenvalue weighted by Gasteiger charge is 2.42. The Hall–Kier alpha value is -1.59. The van der Waals surface area contributed by atoms with Crippen molar-refractivity contribution in [3.8, 4) is 5.75 Å². The Morgan fingerprint density at radius 2 is 1.67 bits per heavy atom. The number of benzene rings is 1. The van der Waals surface area contributed by atoms with E-state index in [4.69, 9.17) is 9.47 Å². The molecule has 5 heteroatoms. The molecule has 1 aliphatic carbocycles. The zero-order chi connectivity index (χ0) is 21.4. The molecule has 0 unspecified atom stereocenters. The topological polar surface area (TPSA) is 50.8 Å². The first-order valence-electron chi connectivity index (χ1n) is 11.9. The summed E-state index contributed by atoms with van der Waals surface area (Å²) >= 11 is 0. The van der Waals surface area contributed by atoms with Gasteiger partial charge in [0.05, 0.1) is 0 Å². The fourth-order valence-electron chi connectivity index (χ4n) is 4.42. The Labute approximate surface area is 182 Å². The highest BCUT2D eigenvalue weighted by atomic mass is 16.5. The van der Waals surface area contributed by atoms with Crippen LogP contribution in [0.4, 0.5) is 5.69 Å². The van der Waals surface area contributed by atoms with Crippen LogP contribution in [0.1, 0.15) is 65.7 Å². The number of ether oxygens (including phenoxy) is 2. The smallest absolute Gasteiger partial charge is 0.256 e. The van der Waals surface area contributed by atoms with Crippen molar-refractivity contribution in [3.63, 3.8) is 0 Å². The lowest BCUT2D eigenvalue weighted by atomic mass is 9.78. The van der Waals surface area contributed by atoms with Gasteiger partial charge in [-0.25, -0.2) is 0 Å². The van der Waals surface area contributed by atoms with E-state index in [2.05, 4.69) is 31.0 Å². The minimum atomic E-state index is -0.677. The van der Waals surface area contributed by atoms with Crippen molar-refractivity contribution in [2.75, 3.05) is 38.2 Å².